The highest BCUT2D eigenvalue weighted by Crippen LogP contribution is 2.41. The summed E-state index contributed by atoms with van der Waals surface area (Å²) in [5, 5.41) is 0. The molecule has 5 heteroatoms. The van der Waals surface area contributed by atoms with E-state index in [-0.39, 0.29) is 12.1 Å². The van der Waals surface area contributed by atoms with E-state index in [1.54, 1.807) is 0 Å². The van der Waals surface area contributed by atoms with E-state index in [1.807, 2.05) is 0 Å². The third-order valence-electron chi connectivity index (χ3n) is 4.09. The van der Waals surface area contributed by atoms with Crippen molar-refractivity contribution in [2.75, 3.05) is 26.8 Å². The van der Waals surface area contributed by atoms with E-state index in [1.165, 1.54) is 12.0 Å². The summed E-state index contributed by atoms with van der Waals surface area (Å²) in [4.78, 5) is 2.33. The molecule has 0 aromatic heterocycles. The zero-order chi connectivity index (χ0) is 14.1. The van der Waals surface area contributed by atoms with Crippen LogP contribution in [0.2, 0.25) is 0 Å². The zero-order valence-electron chi connectivity index (χ0n) is 11.8. The van der Waals surface area contributed by atoms with Gasteiger partial charge in [0.1, 0.15) is 0 Å². The van der Waals surface area contributed by atoms with Crippen molar-refractivity contribution < 1.29 is 9.47 Å². The SMILES string of the molecule is CN1CCCC(N)C1c1cc(Br)c2c(c1)OCCCO2. The van der Waals surface area contributed by atoms with E-state index in [0.29, 0.717) is 13.2 Å². The Labute approximate surface area is 128 Å². The van der Waals surface area contributed by atoms with Gasteiger partial charge in [-0.05, 0) is 60.1 Å². The molecule has 0 amide bonds. The molecule has 2 heterocycles. The fourth-order valence-corrected chi connectivity index (χ4v) is 3.70. The highest BCUT2D eigenvalue weighted by molar-refractivity contribution is 9.10. The molecule has 0 aliphatic carbocycles. The molecule has 1 aromatic rings. The van der Waals surface area contributed by atoms with Gasteiger partial charge in [0.25, 0.3) is 0 Å². The maximum atomic E-state index is 6.33. The summed E-state index contributed by atoms with van der Waals surface area (Å²) in [6, 6.07) is 4.64. The lowest BCUT2D eigenvalue weighted by Crippen LogP contribution is -2.43. The highest BCUT2D eigenvalue weighted by atomic mass is 79.9. The van der Waals surface area contributed by atoms with Gasteiger partial charge in [0, 0.05) is 18.5 Å². The first kappa shape index (κ1) is 14.2. The van der Waals surface area contributed by atoms with Crippen LogP contribution in [0.1, 0.15) is 30.9 Å². The van der Waals surface area contributed by atoms with Gasteiger partial charge in [-0.25, -0.2) is 0 Å². The lowest BCUT2D eigenvalue weighted by Gasteiger charge is -2.37. The van der Waals surface area contributed by atoms with Crippen LogP contribution < -0.4 is 15.2 Å². The van der Waals surface area contributed by atoms with Crippen molar-refractivity contribution in [1.82, 2.24) is 4.90 Å². The largest absolute Gasteiger partial charge is 0.490 e. The van der Waals surface area contributed by atoms with Gasteiger partial charge in [-0.15, -0.1) is 0 Å². The molecule has 1 fully saturated rings. The first-order valence-corrected chi connectivity index (χ1v) is 8.01. The lowest BCUT2D eigenvalue weighted by atomic mass is 9.91. The molecule has 4 nitrogen and oxygen atoms in total. The van der Waals surface area contributed by atoms with Gasteiger partial charge in [-0.3, -0.25) is 4.90 Å². The Hall–Kier alpha value is -0.780. The predicted octanol–water partition coefficient (Wildman–Crippen LogP) is 2.70. The van der Waals surface area contributed by atoms with Crippen molar-refractivity contribution in [2.24, 2.45) is 5.73 Å². The van der Waals surface area contributed by atoms with Crippen molar-refractivity contribution in [1.29, 1.82) is 0 Å². The van der Waals surface area contributed by atoms with Gasteiger partial charge in [0.2, 0.25) is 0 Å². The van der Waals surface area contributed by atoms with Gasteiger partial charge < -0.3 is 15.2 Å². The van der Waals surface area contributed by atoms with Crippen LogP contribution >= 0.6 is 15.9 Å². The number of likely N-dealkylation sites (tertiary alicyclic amines) is 1. The minimum atomic E-state index is 0.172. The number of hydrogen-bond donors (Lipinski definition) is 1. The van der Waals surface area contributed by atoms with E-state index < -0.39 is 0 Å². The van der Waals surface area contributed by atoms with E-state index in [0.717, 1.165) is 35.4 Å². The van der Waals surface area contributed by atoms with Crippen molar-refractivity contribution in [3.8, 4) is 11.5 Å². The minimum Gasteiger partial charge on any atom is -0.490 e. The van der Waals surface area contributed by atoms with E-state index in [4.69, 9.17) is 15.2 Å². The third-order valence-corrected chi connectivity index (χ3v) is 4.68. The van der Waals surface area contributed by atoms with Crippen molar-refractivity contribution in [2.45, 2.75) is 31.3 Å². The molecule has 2 unspecified atom stereocenters. The summed E-state index contributed by atoms with van der Waals surface area (Å²) >= 11 is 3.61. The molecule has 3 rings (SSSR count). The van der Waals surface area contributed by atoms with Crippen LogP contribution in [-0.2, 0) is 0 Å². The number of ether oxygens (including phenoxy) is 2. The average molecular weight is 341 g/mol. The molecule has 110 valence electrons. The monoisotopic (exact) mass is 340 g/mol. The van der Waals surface area contributed by atoms with Gasteiger partial charge >= 0.3 is 0 Å². The standard InChI is InChI=1S/C15H21BrN2O2/c1-18-5-2-4-12(17)14(18)10-8-11(16)15-13(9-10)19-6-3-7-20-15/h8-9,12,14H,2-7,17H2,1H3. The van der Waals surface area contributed by atoms with E-state index in [9.17, 15) is 0 Å². The second-order valence-electron chi connectivity index (χ2n) is 5.61. The Kier molecular flexibility index (Phi) is 4.19. The molecule has 0 spiro atoms. The number of halogens is 1. The second-order valence-corrected chi connectivity index (χ2v) is 6.47. The zero-order valence-corrected chi connectivity index (χ0v) is 13.4. The Morgan fingerprint density at radius 3 is 2.85 bits per heavy atom. The molecule has 2 aliphatic heterocycles. The molecule has 0 saturated carbocycles. The summed E-state index contributed by atoms with van der Waals surface area (Å²) in [5.41, 5.74) is 7.53. The van der Waals surface area contributed by atoms with E-state index in [2.05, 4.69) is 40.0 Å². The number of rotatable bonds is 1. The maximum absolute atomic E-state index is 6.33. The fourth-order valence-electron chi connectivity index (χ4n) is 3.12. The Balaban J connectivity index is 1.97. The number of benzene rings is 1. The molecule has 2 atom stereocenters. The van der Waals surface area contributed by atoms with Gasteiger partial charge in [-0.2, -0.15) is 0 Å². The number of nitrogens with two attached hydrogens (primary N) is 1. The fraction of sp³-hybridized carbons (Fsp3) is 0.600. The molecule has 20 heavy (non-hydrogen) atoms. The summed E-state index contributed by atoms with van der Waals surface area (Å²) in [6.07, 6.45) is 3.15. The van der Waals surface area contributed by atoms with Crippen LogP contribution in [-0.4, -0.2) is 37.7 Å². The summed E-state index contributed by atoms with van der Waals surface area (Å²) in [5.74, 6) is 1.65. The van der Waals surface area contributed by atoms with Crippen LogP contribution in [0.25, 0.3) is 0 Å². The second kappa shape index (κ2) is 5.92. The Bertz CT molecular complexity index is 485. The lowest BCUT2D eigenvalue weighted by molar-refractivity contribution is 0.162. The van der Waals surface area contributed by atoms with Crippen molar-refractivity contribution >= 4 is 15.9 Å². The number of fused-ring (bicyclic) bond motifs is 1. The third kappa shape index (κ3) is 2.67. The van der Waals surface area contributed by atoms with Crippen molar-refractivity contribution in [3.63, 3.8) is 0 Å². The number of piperidine rings is 1. The van der Waals surface area contributed by atoms with Crippen LogP contribution in [0.3, 0.4) is 0 Å². The molecule has 2 N–H and O–H groups in total. The quantitative estimate of drug-likeness (QED) is 0.853. The number of nitrogens with zero attached hydrogens (tertiary/aromatic N) is 1. The van der Waals surface area contributed by atoms with Crippen LogP contribution in [0.15, 0.2) is 16.6 Å². The Morgan fingerprint density at radius 2 is 2.05 bits per heavy atom. The molecular weight excluding hydrogens is 320 g/mol. The first-order chi connectivity index (χ1) is 9.66. The van der Waals surface area contributed by atoms with Crippen LogP contribution in [0, 0.1) is 0 Å². The van der Waals surface area contributed by atoms with Crippen molar-refractivity contribution in [3.05, 3.63) is 22.2 Å². The molecule has 0 bridgehead atoms. The Morgan fingerprint density at radius 1 is 1.25 bits per heavy atom. The maximum Gasteiger partial charge on any atom is 0.175 e. The number of hydrogen-bond acceptors (Lipinski definition) is 4. The summed E-state index contributed by atoms with van der Waals surface area (Å²) < 4.78 is 12.5. The smallest absolute Gasteiger partial charge is 0.175 e. The van der Waals surface area contributed by atoms with E-state index >= 15 is 0 Å². The topological polar surface area (TPSA) is 47.7 Å². The average Bonchev–Trinajstić information content (AvgIpc) is 2.64. The molecule has 1 aromatic carbocycles. The molecule has 1 saturated heterocycles. The predicted molar refractivity (Wildman–Crippen MR) is 82.3 cm³/mol. The minimum absolute atomic E-state index is 0.172. The van der Waals surface area contributed by atoms with Crippen LogP contribution in [0.4, 0.5) is 0 Å². The molecule has 2 aliphatic rings. The van der Waals surface area contributed by atoms with Gasteiger partial charge in [-0.1, -0.05) is 0 Å². The molecule has 0 radical (unpaired) electrons. The molecular formula is C15H21BrN2O2. The normalized spacial score (nSPS) is 27.1. The first-order valence-electron chi connectivity index (χ1n) is 7.21. The number of likely N-dealkylation sites (N-methyl/N-ethyl adjacent to an activating group) is 1. The highest BCUT2D eigenvalue weighted by Gasteiger charge is 2.29. The van der Waals surface area contributed by atoms with Gasteiger partial charge in [0.15, 0.2) is 11.5 Å². The van der Waals surface area contributed by atoms with Crippen LogP contribution in [0.5, 0.6) is 11.5 Å². The summed E-state index contributed by atoms with van der Waals surface area (Å²) in [7, 11) is 2.14. The van der Waals surface area contributed by atoms with Gasteiger partial charge in [0.05, 0.1) is 17.7 Å². The summed E-state index contributed by atoms with van der Waals surface area (Å²) in [6.45, 7) is 2.49.